The number of rotatable bonds is 4. The molecule has 0 saturated heterocycles. The number of hydrogen-bond donors (Lipinski definition) is 0. The van der Waals surface area contributed by atoms with Gasteiger partial charge in [0.25, 0.3) is 0 Å². The molecule has 15 heavy (non-hydrogen) atoms. The van der Waals surface area contributed by atoms with Crippen molar-refractivity contribution in [3.05, 3.63) is 17.6 Å². The van der Waals surface area contributed by atoms with Gasteiger partial charge >= 0.3 is 0 Å². The van der Waals surface area contributed by atoms with Gasteiger partial charge in [-0.2, -0.15) is 0 Å². The fourth-order valence-electron chi connectivity index (χ4n) is 1.57. The molecule has 1 atom stereocenters. The third-order valence-corrected chi connectivity index (χ3v) is 2.69. The highest BCUT2D eigenvalue weighted by molar-refractivity contribution is 5.42. The van der Waals surface area contributed by atoms with Crippen molar-refractivity contribution in [2.24, 2.45) is 5.92 Å². The highest BCUT2D eigenvalue weighted by Crippen LogP contribution is 2.15. The van der Waals surface area contributed by atoms with E-state index in [9.17, 15) is 0 Å². The number of hydrogen-bond acceptors (Lipinski definition) is 3. The monoisotopic (exact) mass is 207 g/mol. The summed E-state index contributed by atoms with van der Waals surface area (Å²) in [5.41, 5.74) is 1.98. The Bertz CT molecular complexity index is 323. The van der Waals surface area contributed by atoms with E-state index in [0.29, 0.717) is 5.92 Å². The van der Waals surface area contributed by atoms with Crippen molar-refractivity contribution in [2.75, 3.05) is 18.5 Å². The molecule has 0 aliphatic rings. The van der Waals surface area contributed by atoms with E-state index in [-0.39, 0.29) is 0 Å². The van der Waals surface area contributed by atoms with Crippen LogP contribution in [0.15, 0.2) is 6.20 Å². The lowest BCUT2D eigenvalue weighted by Crippen LogP contribution is -2.25. The Morgan fingerprint density at radius 1 is 1.40 bits per heavy atom. The van der Waals surface area contributed by atoms with Crippen LogP contribution >= 0.6 is 0 Å². The molecule has 0 saturated carbocycles. The minimum absolute atomic E-state index is 0.691. The first-order chi connectivity index (χ1) is 7.04. The van der Waals surface area contributed by atoms with Gasteiger partial charge in [0.15, 0.2) is 0 Å². The van der Waals surface area contributed by atoms with Crippen LogP contribution in [0, 0.1) is 19.8 Å². The van der Waals surface area contributed by atoms with Crippen LogP contribution < -0.4 is 4.90 Å². The van der Waals surface area contributed by atoms with E-state index < -0.39 is 0 Å². The first-order valence-electron chi connectivity index (χ1n) is 5.56. The molecule has 0 aliphatic heterocycles. The van der Waals surface area contributed by atoms with E-state index in [2.05, 4.69) is 35.8 Å². The summed E-state index contributed by atoms with van der Waals surface area (Å²) in [4.78, 5) is 11.1. The summed E-state index contributed by atoms with van der Waals surface area (Å²) in [7, 11) is 2.09. The summed E-state index contributed by atoms with van der Waals surface area (Å²) in [6.07, 6.45) is 3.01. The maximum absolute atomic E-state index is 4.52. The Balaban J connectivity index is 2.80. The zero-order chi connectivity index (χ0) is 11.4. The Hall–Kier alpha value is -1.12. The van der Waals surface area contributed by atoms with Gasteiger partial charge in [-0.25, -0.2) is 4.98 Å². The van der Waals surface area contributed by atoms with Gasteiger partial charge in [-0.3, -0.25) is 4.98 Å². The quantitative estimate of drug-likeness (QED) is 0.760. The molecular formula is C12H21N3. The molecule has 0 aliphatic carbocycles. The van der Waals surface area contributed by atoms with Gasteiger partial charge in [0, 0.05) is 19.8 Å². The van der Waals surface area contributed by atoms with Crippen LogP contribution in [-0.2, 0) is 0 Å². The third-order valence-electron chi connectivity index (χ3n) is 2.69. The van der Waals surface area contributed by atoms with E-state index in [1.54, 1.807) is 0 Å². The standard InChI is InChI=1S/C12H21N3/c1-6-9(2)8-15(5)12-11(4)13-7-10(3)14-12/h7,9H,6,8H2,1-5H3. The van der Waals surface area contributed by atoms with Crippen molar-refractivity contribution in [1.82, 2.24) is 9.97 Å². The number of aryl methyl sites for hydroxylation is 2. The topological polar surface area (TPSA) is 29.0 Å². The van der Waals surface area contributed by atoms with Crippen LogP contribution in [0.4, 0.5) is 5.82 Å². The van der Waals surface area contributed by atoms with Crippen LogP contribution in [0.5, 0.6) is 0 Å². The average Bonchev–Trinajstić information content (AvgIpc) is 2.21. The van der Waals surface area contributed by atoms with E-state index >= 15 is 0 Å². The minimum Gasteiger partial charge on any atom is -0.358 e. The molecule has 0 amide bonds. The van der Waals surface area contributed by atoms with Crippen molar-refractivity contribution in [3.8, 4) is 0 Å². The van der Waals surface area contributed by atoms with E-state index in [0.717, 1.165) is 23.8 Å². The molecule has 1 unspecified atom stereocenters. The number of anilines is 1. The second-order valence-corrected chi connectivity index (χ2v) is 4.31. The molecular weight excluding hydrogens is 186 g/mol. The number of aromatic nitrogens is 2. The summed E-state index contributed by atoms with van der Waals surface area (Å²) < 4.78 is 0. The predicted octanol–water partition coefficient (Wildman–Crippen LogP) is 2.58. The van der Waals surface area contributed by atoms with Gasteiger partial charge in [0.2, 0.25) is 0 Å². The lowest BCUT2D eigenvalue weighted by Gasteiger charge is -2.23. The Morgan fingerprint density at radius 3 is 2.67 bits per heavy atom. The van der Waals surface area contributed by atoms with Gasteiger partial charge in [-0.1, -0.05) is 20.3 Å². The lowest BCUT2D eigenvalue weighted by molar-refractivity contribution is 0.556. The van der Waals surface area contributed by atoms with Crippen molar-refractivity contribution in [2.45, 2.75) is 34.1 Å². The summed E-state index contributed by atoms with van der Waals surface area (Å²) >= 11 is 0. The molecule has 3 nitrogen and oxygen atoms in total. The summed E-state index contributed by atoms with van der Waals surface area (Å²) in [5.74, 6) is 1.70. The second kappa shape index (κ2) is 5.10. The maximum Gasteiger partial charge on any atom is 0.150 e. The Kier molecular flexibility index (Phi) is 4.06. The van der Waals surface area contributed by atoms with Gasteiger partial charge in [0.05, 0.1) is 11.4 Å². The van der Waals surface area contributed by atoms with Crippen molar-refractivity contribution in [1.29, 1.82) is 0 Å². The molecule has 1 rings (SSSR count). The molecule has 0 bridgehead atoms. The zero-order valence-corrected chi connectivity index (χ0v) is 10.4. The van der Waals surface area contributed by atoms with Gasteiger partial charge in [-0.05, 0) is 19.8 Å². The summed E-state index contributed by atoms with van der Waals surface area (Å²) in [5, 5.41) is 0. The fourth-order valence-corrected chi connectivity index (χ4v) is 1.57. The van der Waals surface area contributed by atoms with Gasteiger partial charge < -0.3 is 4.90 Å². The van der Waals surface area contributed by atoms with Crippen molar-refractivity contribution >= 4 is 5.82 Å². The number of nitrogens with zero attached hydrogens (tertiary/aromatic N) is 3. The predicted molar refractivity (Wildman–Crippen MR) is 64.2 cm³/mol. The summed E-state index contributed by atoms with van der Waals surface area (Å²) in [6, 6.07) is 0. The highest BCUT2D eigenvalue weighted by Gasteiger charge is 2.10. The van der Waals surface area contributed by atoms with Gasteiger partial charge in [-0.15, -0.1) is 0 Å². The van der Waals surface area contributed by atoms with Crippen LogP contribution in [0.3, 0.4) is 0 Å². The normalized spacial score (nSPS) is 12.6. The Morgan fingerprint density at radius 2 is 2.07 bits per heavy atom. The van der Waals surface area contributed by atoms with Crippen molar-refractivity contribution < 1.29 is 0 Å². The molecule has 0 fully saturated rings. The molecule has 84 valence electrons. The Labute approximate surface area is 92.6 Å². The molecule has 0 N–H and O–H groups in total. The largest absolute Gasteiger partial charge is 0.358 e. The second-order valence-electron chi connectivity index (χ2n) is 4.31. The van der Waals surface area contributed by atoms with E-state index in [1.165, 1.54) is 6.42 Å². The fraction of sp³-hybridized carbons (Fsp3) is 0.667. The van der Waals surface area contributed by atoms with Crippen LogP contribution in [0.25, 0.3) is 0 Å². The molecule has 1 aromatic heterocycles. The van der Waals surface area contributed by atoms with Gasteiger partial charge in [0.1, 0.15) is 5.82 Å². The van der Waals surface area contributed by atoms with Crippen LogP contribution in [-0.4, -0.2) is 23.6 Å². The highest BCUT2D eigenvalue weighted by atomic mass is 15.2. The lowest BCUT2D eigenvalue weighted by atomic mass is 10.1. The average molecular weight is 207 g/mol. The zero-order valence-electron chi connectivity index (χ0n) is 10.4. The molecule has 1 aromatic rings. The summed E-state index contributed by atoms with van der Waals surface area (Å²) in [6.45, 7) is 9.50. The third kappa shape index (κ3) is 3.18. The smallest absolute Gasteiger partial charge is 0.150 e. The van der Waals surface area contributed by atoms with Crippen LogP contribution in [0.1, 0.15) is 31.7 Å². The molecule has 1 heterocycles. The maximum atomic E-state index is 4.52. The van der Waals surface area contributed by atoms with Crippen LogP contribution in [0.2, 0.25) is 0 Å². The molecule has 3 heteroatoms. The molecule has 0 spiro atoms. The molecule has 0 aromatic carbocycles. The molecule has 0 radical (unpaired) electrons. The minimum atomic E-state index is 0.691. The van der Waals surface area contributed by atoms with Crippen molar-refractivity contribution in [3.63, 3.8) is 0 Å². The first-order valence-corrected chi connectivity index (χ1v) is 5.56. The van der Waals surface area contributed by atoms with E-state index in [1.807, 2.05) is 20.0 Å². The van der Waals surface area contributed by atoms with E-state index in [4.69, 9.17) is 0 Å². The SMILES string of the molecule is CCC(C)CN(C)c1nc(C)cnc1C. The first kappa shape index (κ1) is 12.0.